The van der Waals surface area contributed by atoms with Crippen molar-refractivity contribution in [2.45, 2.75) is 25.8 Å². The Labute approximate surface area is 190 Å². The summed E-state index contributed by atoms with van der Waals surface area (Å²) in [6.45, 7) is 3.15. The third-order valence-electron chi connectivity index (χ3n) is 5.40. The summed E-state index contributed by atoms with van der Waals surface area (Å²) >= 11 is 6.06. The summed E-state index contributed by atoms with van der Waals surface area (Å²) in [6.07, 6.45) is 1.36. The fraction of sp³-hybridized carbons (Fsp3) is 0.348. The largest absolute Gasteiger partial charge is 0.449 e. The number of methoxy groups -OCH3 is 1. The number of imidazole rings is 1. The van der Waals surface area contributed by atoms with Crippen LogP contribution < -0.4 is 10.2 Å². The van der Waals surface area contributed by atoms with E-state index in [2.05, 4.69) is 15.3 Å². The van der Waals surface area contributed by atoms with Gasteiger partial charge in [0.15, 0.2) is 0 Å². The number of nitrogens with zero attached hydrogens (tertiary/aromatic N) is 2. The molecule has 1 atom stereocenters. The van der Waals surface area contributed by atoms with E-state index < -0.39 is 6.04 Å². The lowest BCUT2D eigenvalue weighted by atomic mass is 10.1. The highest BCUT2D eigenvalue weighted by Crippen LogP contribution is 2.25. The van der Waals surface area contributed by atoms with Gasteiger partial charge in [-0.25, -0.2) is 9.78 Å². The Morgan fingerprint density at radius 3 is 2.94 bits per heavy atom. The molecule has 2 aromatic carbocycles. The van der Waals surface area contributed by atoms with Gasteiger partial charge in [-0.1, -0.05) is 11.6 Å². The van der Waals surface area contributed by atoms with E-state index in [9.17, 15) is 9.59 Å². The summed E-state index contributed by atoms with van der Waals surface area (Å²) in [5.41, 5.74) is 3.58. The molecule has 8 nitrogen and oxygen atoms in total. The van der Waals surface area contributed by atoms with Gasteiger partial charge in [-0.05, 0) is 61.7 Å². The molecule has 3 aromatic rings. The predicted molar refractivity (Wildman–Crippen MR) is 122 cm³/mol. The maximum atomic E-state index is 13.0. The molecule has 32 heavy (non-hydrogen) atoms. The molecule has 1 fully saturated rings. The van der Waals surface area contributed by atoms with Crippen molar-refractivity contribution in [3.63, 3.8) is 0 Å². The van der Waals surface area contributed by atoms with Gasteiger partial charge < -0.3 is 19.8 Å². The summed E-state index contributed by atoms with van der Waals surface area (Å²) < 4.78 is 10.5. The molecule has 2 amide bonds. The number of anilines is 1. The zero-order valence-electron chi connectivity index (χ0n) is 18.0. The van der Waals surface area contributed by atoms with Crippen molar-refractivity contribution in [3.05, 3.63) is 58.4 Å². The molecule has 1 saturated heterocycles. The molecule has 0 bridgehead atoms. The van der Waals surface area contributed by atoms with Gasteiger partial charge in [0, 0.05) is 29.9 Å². The number of halogens is 1. The zero-order valence-corrected chi connectivity index (χ0v) is 18.7. The minimum atomic E-state index is -0.473. The van der Waals surface area contributed by atoms with Gasteiger partial charge in [-0.3, -0.25) is 9.69 Å². The first-order chi connectivity index (χ1) is 15.5. The maximum absolute atomic E-state index is 13.0. The number of amides is 2. The molecule has 2 heterocycles. The number of ether oxygens (including phenoxy) is 2. The number of benzene rings is 2. The van der Waals surface area contributed by atoms with Crippen LogP contribution in [-0.2, 0) is 9.47 Å². The van der Waals surface area contributed by atoms with Crippen LogP contribution in [0.2, 0.25) is 5.02 Å². The van der Waals surface area contributed by atoms with Crippen LogP contribution in [0.25, 0.3) is 11.0 Å². The number of hydrogen-bond donors (Lipinski definition) is 2. The van der Waals surface area contributed by atoms with Crippen molar-refractivity contribution >= 4 is 40.3 Å². The Morgan fingerprint density at radius 2 is 2.16 bits per heavy atom. The van der Waals surface area contributed by atoms with Gasteiger partial charge in [0.2, 0.25) is 0 Å². The van der Waals surface area contributed by atoms with Crippen LogP contribution in [0.4, 0.5) is 10.5 Å². The second-order valence-electron chi connectivity index (χ2n) is 7.74. The third kappa shape index (κ3) is 4.71. The summed E-state index contributed by atoms with van der Waals surface area (Å²) in [4.78, 5) is 34.6. The first-order valence-electron chi connectivity index (χ1n) is 10.5. The zero-order chi connectivity index (χ0) is 22.7. The fourth-order valence-electron chi connectivity index (χ4n) is 3.78. The molecule has 0 spiro atoms. The van der Waals surface area contributed by atoms with E-state index in [0.717, 1.165) is 35.1 Å². The highest BCUT2D eigenvalue weighted by atomic mass is 35.5. The maximum Gasteiger partial charge on any atom is 0.414 e. The summed E-state index contributed by atoms with van der Waals surface area (Å²) in [5, 5.41) is 3.58. The summed E-state index contributed by atoms with van der Waals surface area (Å²) in [5.74, 6) is 0.316. The Hall–Kier alpha value is -3.10. The van der Waals surface area contributed by atoms with Gasteiger partial charge in [-0.15, -0.1) is 0 Å². The number of cyclic esters (lactones) is 1. The molecular weight excluding hydrogens is 432 g/mol. The summed E-state index contributed by atoms with van der Waals surface area (Å²) in [6, 6.07) is 10.2. The Kier molecular flexibility index (Phi) is 6.62. The summed E-state index contributed by atoms with van der Waals surface area (Å²) in [7, 11) is 1.57. The van der Waals surface area contributed by atoms with Crippen LogP contribution in [0.15, 0.2) is 36.4 Å². The molecular formula is C23H25ClN4O4. The Morgan fingerprint density at radius 1 is 1.31 bits per heavy atom. The van der Waals surface area contributed by atoms with Gasteiger partial charge in [0.05, 0.1) is 24.2 Å². The molecule has 1 aliphatic heterocycles. The van der Waals surface area contributed by atoms with Crippen LogP contribution in [0.1, 0.15) is 40.6 Å². The topological polar surface area (TPSA) is 96.6 Å². The van der Waals surface area contributed by atoms with Crippen molar-refractivity contribution in [1.82, 2.24) is 15.3 Å². The van der Waals surface area contributed by atoms with Gasteiger partial charge >= 0.3 is 6.09 Å². The highest BCUT2D eigenvalue weighted by Gasteiger charge is 2.23. The lowest BCUT2D eigenvalue weighted by Crippen LogP contribution is -2.33. The first-order valence-corrected chi connectivity index (χ1v) is 10.8. The van der Waals surface area contributed by atoms with E-state index >= 15 is 0 Å². The molecule has 1 aliphatic rings. The van der Waals surface area contributed by atoms with Crippen molar-refractivity contribution in [1.29, 1.82) is 0 Å². The predicted octanol–water partition coefficient (Wildman–Crippen LogP) is 4.38. The lowest BCUT2D eigenvalue weighted by Gasteiger charge is -2.22. The SMILES string of the molecule is COCC(NC(=O)c1ccc(N2CCCCOC2=O)c(C)c1)c1nc2ccc(Cl)cc2[nH]1. The van der Waals surface area contributed by atoms with E-state index in [0.29, 0.717) is 29.6 Å². The quantitative estimate of drug-likeness (QED) is 0.573. The van der Waals surface area contributed by atoms with Crippen molar-refractivity contribution in [2.24, 2.45) is 0 Å². The monoisotopic (exact) mass is 456 g/mol. The number of hydrogen-bond acceptors (Lipinski definition) is 5. The van der Waals surface area contributed by atoms with Gasteiger partial charge in [0.25, 0.3) is 5.91 Å². The number of nitrogens with one attached hydrogen (secondary N) is 2. The van der Waals surface area contributed by atoms with E-state index in [1.54, 1.807) is 42.3 Å². The smallest absolute Gasteiger partial charge is 0.414 e. The number of fused-ring (bicyclic) bond motifs is 1. The average Bonchev–Trinajstić information content (AvgIpc) is 3.07. The average molecular weight is 457 g/mol. The molecule has 1 aromatic heterocycles. The fourth-order valence-corrected chi connectivity index (χ4v) is 3.95. The number of rotatable bonds is 6. The van der Waals surface area contributed by atoms with Crippen LogP contribution in [0.3, 0.4) is 0 Å². The Bertz CT molecular complexity index is 1150. The standard InChI is InChI=1S/C23H25ClN4O4/c1-14-11-15(5-8-20(14)28-9-3-4-10-32-23(28)30)22(29)27-19(13-31-2)21-25-17-7-6-16(24)12-18(17)26-21/h5-8,11-12,19H,3-4,9-10,13H2,1-2H3,(H,25,26)(H,27,29). The number of aromatic amines is 1. The number of carbonyl (C=O) groups is 2. The molecule has 0 radical (unpaired) electrons. The molecule has 4 rings (SSSR count). The van der Waals surface area contributed by atoms with E-state index in [4.69, 9.17) is 21.1 Å². The lowest BCUT2D eigenvalue weighted by molar-refractivity contribution is 0.0892. The molecule has 0 saturated carbocycles. The number of aryl methyl sites for hydroxylation is 1. The second-order valence-corrected chi connectivity index (χ2v) is 8.18. The molecule has 1 unspecified atom stereocenters. The molecule has 168 valence electrons. The third-order valence-corrected chi connectivity index (χ3v) is 5.64. The highest BCUT2D eigenvalue weighted by molar-refractivity contribution is 6.31. The normalized spacial score (nSPS) is 15.3. The van der Waals surface area contributed by atoms with Crippen molar-refractivity contribution < 1.29 is 19.1 Å². The number of H-pyrrole nitrogens is 1. The van der Waals surface area contributed by atoms with Gasteiger partial charge in [0.1, 0.15) is 11.9 Å². The van der Waals surface area contributed by atoms with Crippen LogP contribution in [0, 0.1) is 6.92 Å². The molecule has 2 N–H and O–H groups in total. The van der Waals surface area contributed by atoms with Crippen LogP contribution >= 0.6 is 11.6 Å². The first kappa shape index (κ1) is 22.1. The van der Waals surface area contributed by atoms with Crippen molar-refractivity contribution in [3.8, 4) is 0 Å². The number of aromatic nitrogens is 2. The van der Waals surface area contributed by atoms with Gasteiger partial charge in [-0.2, -0.15) is 0 Å². The second kappa shape index (κ2) is 9.58. The molecule has 9 heteroatoms. The minimum Gasteiger partial charge on any atom is -0.449 e. The number of carbonyl (C=O) groups excluding carboxylic acids is 2. The van der Waals surface area contributed by atoms with Crippen molar-refractivity contribution in [2.75, 3.05) is 31.8 Å². The molecule has 0 aliphatic carbocycles. The van der Waals surface area contributed by atoms with Crippen LogP contribution in [0.5, 0.6) is 0 Å². The van der Waals surface area contributed by atoms with E-state index in [1.165, 1.54) is 0 Å². The van der Waals surface area contributed by atoms with E-state index in [1.807, 2.05) is 13.0 Å². The van der Waals surface area contributed by atoms with Crippen LogP contribution in [-0.4, -0.2) is 48.8 Å². The Balaban J connectivity index is 1.54. The van der Waals surface area contributed by atoms with E-state index in [-0.39, 0.29) is 18.6 Å². The minimum absolute atomic E-state index is 0.246.